The Morgan fingerprint density at radius 3 is 1.92 bits per heavy atom. The summed E-state index contributed by atoms with van der Waals surface area (Å²) in [7, 11) is 0. The van der Waals surface area contributed by atoms with Crippen LogP contribution < -0.4 is 9.47 Å². The van der Waals surface area contributed by atoms with Crippen LogP contribution in [0.2, 0.25) is 0 Å². The Labute approximate surface area is 149 Å². The van der Waals surface area contributed by atoms with Gasteiger partial charge in [-0.2, -0.15) is 0 Å². The zero-order chi connectivity index (χ0) is 17.9. The first-order chi connectivity index (χ1) is 11.9. The van der Waals surface area contributed by atoms with E-state index in [4.69, 9.17) is 14.2 Å². The third-order valence-electron chi connectivity index (χ3n) is 4.48. The Morgan fingerprint density at radius 1 is 1.00 bits per heavy atom. The Morgan fingerprint density at radius 2 is 1.48 bits per heavy atom. The molecule has 0 spiro atoms. The van der Waals surface area contributed by atoms with E-state index in [0.717, 1.165) is 18.1 Å². The average molecular weight is 342 g/mol. The lowest BCUT2D eigenvalue weighted by Gasteiger charge is -2.26. The molecule has 25 heavy (non-hydrogen) atoms. The van der Waals surface area contributed by atoms with Gasteiger partial charge in [0, 0.05) is 5.41 Å². The zero-order valence-corrected chi connectivity index (χ0v) is 15.1. The lowest BCUT2D eigenvalue weighted by Crippen LogP contribution is -2.19. The van der Waals surface area contributed by atoms with Crippen molar-refractivity contribution in [2.24, 2.45) is 0 Å². The van der Waals surface area contributed by atoms with Crippen molar-refractivity contribution in [3.8, 4) is 11.5 Å². The lowest BCUT2D eigenvalue weighted by molar-refractivity contribution is 0.122. The predicted molar refractivity (Wildman–Crippen MR) is 97.4 cm³/mol. The number of aliphatic hydroxyl groups excluding tert-OH is 1. The van der Waals surface area contributed by atoms with Gasteiger partial charge in [0.1, 0.15) is 30.8 Å². The number of ether oxygens (including phenoxy) is 3. The van der Waals surface area contributed by atoms with Gasteiger partial charge in [-0.25, -0.2) is 0 Å². The minimum atomic E-state index is -0.469. The molecule has 4 nitrogen and oxygen atoms in total. The largest absolute Gasteiger partial charge is 0.491 e. The molecular weight excluding hydrogens is 316 g/mol. The molecule has 2 aromatic carbocycles. The van der Waals surface area contributed by atoms with Crippen LogP contribution in [0.3, 0.4) is 0 Å². The highest BCUT2D eigenvalue weighted by Gasteiger charge is 2.24. The van der Waals surface area contributed by atoms with E-state index in [9.17, 15) is 5.11 Å². The van der Waals surface area contributed by atoms with Gasteiger partial charge < -0.3 is 19.3 Å². The molecule has 1 N–H and O–H groups in total. The lowest BCUT2D eigenvalue weighted by atomic mass is 9.78. The predicted octanol–water partition coefficient (Wildman–Crippen LogP) is 3.55. The Hall–Kier alpha value is -2.04. The van der Waals surface area contributed by atoms with Crippen molar-refractivity contribution in [2.75, 3.05) is 19.8 Å². The maximum absolute atomic E-state index is 9.30. The summed E-state index contributed by atoms with van der Waals surface area (Å²) in [6, 6.07) is 16.3. The second-order valence-electron chi connectivity index (χ2n) is 7.10. The van der Waals surface area contributed by atoms with Gasteiger partial charge in [-0.3, -0.25) is 0 Å². The molecule has 0 radical (unpaired) electrons. The van der Waals surface area contributed by atoms with Gasteiger partial charge in [0.25, 0.3) is 0 Å². The second kappa shape index (κ2) is 7.46. The van der Waals surface area contributed by atoms with E-state index in [0.29, 0.717) is 13.2 Å². The molecule has 1 heterocycles. The summed E-state index contributed by atoms with van der Waals surface area (Å²) >= 11 is 0. The van der Waals surface area contributed by atoms with E-state index in [1.165, 1.54) is 11.1 Å². The van der Waals surface area contributed by atoms with Gasteiger partial charge in [0.15, 0.2) is 0 Å². The molecule has 2 atom stereocenters. The van der Waals surface area contributed by atoms with Crippen molar-refractivity contribution in [1.29, 1.82) is 0 Å². The molecule has 0 bridgehead atoms. The van der Waals surface area contributed by atoms with E-state index in [-0.39, 0.29) is 11.5 Å². The van der Waals surface area contributed by atoms with Crippen molar-refractivity contribution in [3.05, 3.63) is 59.7 Å². The molecule has 134 valence electrons. The van der Waals surface area contributed by atoms with Crippen molar-refractivity contribution in [2.45, 2.75) is 38.4 Å². The highest BCUT2D eigenvalue weighted by atomic mass is 16.6. The molecule has 0 aromatic heterocycles. The molecule has 3 rings (SSSR count). The van der Waals surface area contributed by atoms with E-state index in [1.54, 1.807) is 6.92 Å². The van der Waals surface area contributed by atoms with Crippen molar-refractivity contribution >= 4 is 0 Å². The van der Waals surface area contributed by atoms with Gasteiger partial charge in [0.05, 0.1) is 12.7 Å². The molecule has 0 aliphatic carbocycles. The van der Waals surface area contributed by atoms with Crippen LogP contribution >= 0.6 is 0 Å². The molecule has 1 saturated heterocycles. The van der Waals surface area contributed by atoms with Gasteiger partial charge in [-0.1, -0.05) is 38.1 Å². The molecule has 2 aromatic rings. The van der Waals surface area contributed by atoms with Gasteiger partial charge >= 0.3 is 0 Å². The van der Waals surface area contributed by atoms with Crippen LogP contribution in [0.25, 0.3) is 0 Å². The highest BCUT2D eigenvalue weighted by molar-refractivity contribution is 5.41. The third kappa shape index (κ3) is 4.74. The molecule has 4 heteroatoms. The number of hydrogen-bond donors (Lipinski definition) is 1. The third-order valence-corrected chi connectivity index (χ3v) is 4.48. The van der Waals surface area contributed by atoms with Crippen LogP contribution in [0.15, 0.2) is 48.5 Å². The summed E-state index contributed by atoms with van der Waals surface area (Å²) in [5.41, 5.74) is 2.30. The van der Waals surface area contributed by atoms with E-state index in [1.807, 2.05) is 24.3 Å². The quantitative estimate of drug-likeness (QED) is 0.746. The zero-order valence-electron chi connectivity index (χ0n) is 15.1. The Bertz CT molecular complexity index is 619. The van der Waals surface area contributed by atoms with Crippen LogP contribution in [0, 0.1) is 0 Å². The fourth-order valence-electron chi connectivity index (χ4n) is 2.67. The van der Waals surface area contributed by atoms with Crippen molar-refractivity contribution in [3.63, 3.8) is 0 Å². The summed E-state index contributed by atoms with van der Waals surface area (Å²) in [5, 5.41) is 9.30. The number of rotatable bonds is 8. The number of epoxide rings is 1. The van der Waals surface area contributed by atoms with E-state index in [2.05, 4.69) is 38.1 Å². The maximum Gasteiger partial charge on any atom is 0.119 e. The summed E-state index contributed by atoms with van der Waals surface area (Å²) in [6.07, 6.45) is -0.200. The average Bonchev–Trinajstić information content (AvgIpc) is 3.43. The van der Waals surface area contributed by atoms with E-state index < -0.39 is 6.10 Å². The first kappa shape index (κ1) is 17.8. The minimum absolute atomic E-state index is 0.124. The van der Waals surface area contributed by atoms with Crippen molar-refractivity contribution < 1.29 is 19.3 Å². The molecule has 0 saturated carbocycles. The molecule has 0 amide bonds. The minimum Gasteiger partial charge on any atom is -0.491 e. The molecule has 1 aliphatic rings. The van der Waals surface area contributed by atoms with Gasteiger partial charge in [-0.05, 0) is 42.3 Å². The first-order valence-corrected chi connectivity index (χ1v) is 8.71. The molecule has 1 aliphatic heterocycles. The van der Waals surface area contributed by atoms with Gasteiger partial charge in [-0.15, -0.1) is 0 Å². The fourth-order valence-corrected chi connectivity index (χ4v) is 2.67. The highest BCUT2D eigenvalue weighted by Crippen LogP contribution is 2.33. The van der Waals surface area contributed by atoms with Crippen LogP contribution in [-0.4, -0.2) is 37.1 Å². The standard InChI is InChI=1S/C21H26O4/c1-15(22)12-23-18-8-4-16(5-9-18)21(2,3)17-6-10-19(11-7-17)24-13-20-14-25-20/h4-11,15,20,22H,12-14H2,1-3H3. The number of hydrogen-bond acceptors (Lipinski definition) is 4. The Kier molecular flexibility index (Phi) is 5.30. The SMILES string of the molecule is CC(O)COc1ccc(C(C)(C)c2ccc(OCC3CO3)cc2)cc1. The summed E-state index contributed by atoms with van der Waals surface area (Å²) in [4.78, 5) is 0. The normalized spacial score (nSPS) is 17.8. The van der Waals surface area contributed by atoms with Crippen LogP contribution in [0.5, 0.6) is 11.5 Å². The molecule has 1 fully saturated rings. The van der Waals surface area contributed by atoms with Crippen LogP contribution in [0.4, 0.5) is 0 Å². The Balaban J connectivity index is 1.66. The fraction of sp³-hybridized carbons (Fsp3) is 0.429. The summed E-state index contributed by atoms with van der Waals surface area (Å²) in [6.45, 7) is 7.84. The maximum atomic E-state index is 9.30. The van der Waals surface area contributed by atoms with Crippen LogP contribution in [0.1, 0.15) is 31.9 Å². The summed E-state index contributed by atoms with van der Waals surface area (Å²) < 4.78 is 16.4. The van der Waals surface area contributed by atoms with Gasteiger partial charge in [0.2, 0.25) is 0 Å². The summed E-state index contributed by atoms with van der Waals surface area (Å²) in [5.74, 6) is 1.64. The number of aliphatic hydroxyl groups is 1. The first-order valence-electron chi connectivity index (χ1n) is 8.71. The smallest absolute Gasteiger partial charge is 0.119 e. The number of benzene rings is 2. The van der Waals surface area contributed by atoms with E-state index >= 15 is 0 Å². The topological polar surface area (TPSA) is 51.2 Å². The molecular formula is C21H26O4. The van der Waals surface area contributed by atoms with Crippen LogP contribution in [-0.2, 0) is 10.2 Å². The monoisotopic (exact) mass is 342 g/mol. The molecule has 2 unspecified atom stereocenters. The second-order valence-corrected chi connectivity index (χ2v) is 7.10. The van der Waals surface area contributed by atoms with Crippen molar-refractivity contribution in [1.82, 2.24) is 0 Å².